The van der Waals surface area contributed by atoms with E-state index >= 15 is 0 Å². The second kappa shape index (κ2) is 6.58. The molecule has 1 aliphatic heterocycles. The number of esters is 1. The minimum absolute atomic E-state index is 0.231. The highest BCUT2D eigenvalue weighted by Gasteiger charge is 2.24. The largest absolute Gasteiger partial charge is 0.497 e. The lowest BCUT2D eigenvalue weighted by atomic mass is 10.1. The molecule has 0 bridgehead atoms. The number of hydrogen-bond acceptors (Lipinski definition) is 5. The van der Waals surface area contributed by atoms with Gasteiger partial charge in [0.2, 0.25) is 5.90 Å². The van der Waals surface area contributed by atoms with Gasteiger partial charge in [-0.3, -0.25) is 0 Å². The molecular weight excluding hydrogens is 306 g/mol. The number of nitrogens with zero attached hydrogens (tertiary/aromatic N) is 1. The van der Waals surface area contributed by atoms with Crippen LogP contribution in [-0.4, -0.2) is 26.1 Å². The average molecular weight is 323 g/mol. The van der Waals surface area contributed by atoms with Crippen molar-refractivity contribution in [3.05, 3.63) is 64.9 Å². The van der Waals surface area contributed by atoms with Gasteiger partial charge in [-0.1, -0.05) is 17.7 Å². The van der Waals surface area contributed by atoms with Crippen molar-refractivity contribution < 1.29 is 19.0 Å². The van der Waals surface area contributed by atoms with Gasteiger partial charge in [-0.15, -0.1) is 0 Å². The number of aliphatic imine (C=N–C) groups is 1. The molecule has 0 atom stereocenters. The molecule has 3 rings (SSSR count). The summed E-state index contributed by atoms with van der Waals surface area (Å²) in [5.74, 6) is 1.09. The van der Waals surface area contributed by atoms with Crippen LogP contribution in [0.4, 0.5) is 0 Å². The summed E-state index contributed by atoms with van der Waals surface area (Å²) in [6, 6.07) is 13.0. The summed E-state index contributed by atoms with van der Waals surface area (Å²) in [4.78, 5) is 16.4. The fourth-order valence-electron chi connectivity index (χ4n) is 2.40. The highest BCUT2D eigenvalue weighted by molar-refractivity contribution is 6.13. The van der Waals surface area contributed by atoms with Crippen molar-refractivity contribution in [3.8, 4) is 11.5 Å². The van der Waals surface area contributed by atoms with E-state index in [0.29, 0.717) is 17.4 Å². The monoisotopic (exact) mass is 323 g/mol. The first-order chi connectivity index (χ1) is 11.6. The SMILES string of the molecule is COc1ccc(C=C2N=C(c3cccc(C)c3)OC2=O)c(OC)c1. The topological polar surface area (TPSA) is 57.1 Å². The van der Waals surface area contributed by atoms with Crippen molar-refractivity contribution in [1.29, 1.82) is 0 Å². The summed E-state index contributed by atoms with van der Waals surface area (Å²) >= 11 is 0. The van der Waals surface area contributed by atoms with E-state index in [4.69, 9.17) is 14.2 Å². The molecule has 0 amide bonds. The van der Waals surface area contributed by atoms with Gasteiger partial charge < -0.3 is 14.2 Å². The van der Waals surface area contributed by atoms with Gasteiger partial charge in [0.25, 0.3) is 0 Å². The van der Waals surface area contributed by atoms with E-state index < -0.39 is 5.97 Å². The smallest absolute Gasteiger partial charge is 0.363 e. The van der Waals surface area contributed by atoms with Gasteiger partial charge in [0.05, 0.1) is 14.2 Å². The normalized spacial score (nSPS) is 15.2. The lowest BCUT2D eigenvalue weighted by Crippen LogP contribution is -2.05. The Balaban J connectivity index is 1.97. The van der Waals surface area contributed by atoms with Crippen LogP contribution >= 0.6 is 0 Å². The molecule has 0 spiro atoms. The quantitative estimate of drug-likeness (QED) is 0.639. The van der Waals surface area contributed by atoms with Crippen molar-refractivity contribution in [3.63, 3.8) is 0 Å². The number of cyclic esters (lactones) is 1. The van der Waals surface area contributed by atoms with Crippen LogP contribution in [-0.2, 0) is 9.53 Å². The van der Waals surface area contributed by atoms with E-state index in [9.17, 15) is 4.79 Å². The maximum atomic E-state index is 12.1. The fraction of sp³-hybridized carbons (Fsp3) is 0.158. The first kappa shape index (κ1) is 15.8. The molecule has 0 saturated carbocycles. The third kappa shape index (κ3) is 3.15. The van der Waals surface area contributed by atoms with Gasteiger partial charge in [0.1, 0.15) is 11.5 Å². The highest BCUT2D eigenvalue weighted by atomic mass is 16.6. The van der Waals surface area contributed by atoms with Crippen LogP contribution < -0.4 is 9.47 Å². The number of methoxy groups -OCH3 is 2. The Kier molecular flexibility index (Phi) is 4.33. The van der Waals surface area contributed by atoms with Gasteiger partial charge in [0.15, 0.2) is 5.70 Å². The summed E-state index contributed by atoms with van der Waals surface area (Å²) in [5.41, 5.74) is 2.79. The minimum Gasteiger partial charge on any atom is -0.497 e. The zero-order chi connectivity index (χ0) is 17.1. The van der Waals surface area contributed by atoms with Gasteiger partial charge in [-0.25, -0.2) is 9.79 Å². The molecule has 2 aromatic carbocycles. The standard InChI is InChI=1S/C19H17NO4/c1-12-5-4-6-14(9-12)18-20-16(19(21)24-18)10-13-7-8-15(22-2)11-17(13)23-3/h4-11H,1-3H3. The van der Waals surface area contributed by atoms with Gasteiger partial charge in [-0.2, -0.15) is 0 Å². The number of aryl methyl sites for hydroxylation is 1. The molecule has 0 aliphatic carbocycles. The second-order valence-electron chi connectivity index (χ2n) is 5.31. The molecule has 122 valence electrons. The molecule has 0 unspecified atom stereocenters. The van der Waals surface area contributed by atoms with Crippen LogP contribution in [0.3, 0.4) is 0 Å². The Morgan fingerprint density at radius 3 is 2.62 bits per heavy atom. The number of carbonyl (C=O) groups excluding carboxylic acids is 1. The maximum absolute atomic E-state index is 12.1. The molecule has 5 nitrogen and oxygen atoms in total. The maximum Gasteiger partial charge on any atom is 0.363 e. The number of rotatable bonds is 4. The Labute approximate surface area is 140 Å². The Morgan fingerprint density at radius 1 is 1.08 bits per heavy atom. The summed E-state index contributed by atoms with van der Waals surface area (Å²) < 4.78 is 15.8. The molecule has 0 radical (unpaired) electrons. The second-order valence-corrected chi connectivity index (χ2v) is 5.31. The van der Waals surface area contributed by atoms with Crippen molar-refractivity contribution >= 4 is 17.9 Å². The zero-order valence-electron chi connectivity index (χ0n) is 13.7. The number of ether oxygens (including phenoxy) is 3. The van der Waals surface area contributed by atoms with Crippen molar-refractivity contribution in [1.82, 2.24) is 0 Å². The van der Waals surface area contributed by atoms with Crippen LogP contribution in [0, 0.1) is 6.92 Å². The van der Waals surface area contributed by atoms with Crippen LogP contribution in [0.1, 0.15) is 16.7 Å². The van der Waals surface area contributed by atoms with Gasteiger partial charge >= 0.3 is 5.97 Å². The minimum atomic E-state index is -0.482. The summed E-state index contributed by atoms with van der Waals surface area (Å²) in [7, 11) is 3.14. The summed E-state index contributed by atoms with van der Waals surface area (Å²) in [5, 5.41) is 0. The van der Waals surface area contributed by atoms with E-state index in [1.165, 1.54) is 0 Å². The molecule has 1 aliphatic rings. The third-order valence-corrected chi connectivity index (χ3v) is 3.62. The predicted octanol–water partition coefficient (Wildman–Crippen LogP) is 3.36. The predicted molar refractivity (Wildman–Crippen MR) is 91.3 cm³/mol. The lowest BCUT2D eigenvalue weighted by molar-refractivity contribution is -0.129. The van der Waals surface area contributed by atoms with E-state index in [1.807, 2.05) is 31.2 Å². The molecule has 0 N–H and O–H groups in total. The molecule has 0 saturated heterocycles. The van der Waals surface area contributed by atoms with Crippen LogP contribution in [0.15, 0.2) is 53.2 Å². The zero-order valence-corrected chi connectivity index (χ0v) is 13.7. The number of hydrogen-bond donors (Lipinski definition) is 0. The Morgan fingerprint density at radius 2 is 1.92 bits per heavy atom. The first-order valence-corrected chi connectivity index (χ1v) is 7.42. The molecular formula is C19H17NO4. The van der Waals surface area contributed by atoms with Crippen LogP contribution in [0.2, 0.25) is 0 Å². The lowest BCUT2D eigenvalue weighted by Gasteiger charge is -2.07. The molecule has 24 heavy (non-hydrogen) atoms. The van der Waals surface area contributed by atoms with Crippen molar-refractivity contribution in [2.45, 2.75) is 6.92 Å². The molecule has 5 heteroatoms. The van der Waals surface area contributed by atoms with Gasteiger partial charge in [0, 0.05) is 17.2 Å². The van der Waals surface area contributed by atoms with E-state index in [1.54, 1.807) is 38.5 Å². The average Bonchev–Trinajstić information content (AvgIpc) is 2.96. The Bertz CT molecular complexity index is 852. The molecule has 0 fully saturated rings. The molecule has 2 aromatic rings. The summed E-state index contributed by atoms with van der Waals surface area (Å²) in [6.07, 6.45) is 1.64. The molecule has 1 heterocycles. The van der Waals surface area contributed by atoms with Crippen molar-refractivity contribution in [2.24, 2.45) is 4.99 Å². The Hall–Kier alpha value is -3.08. The fourth-order valence-corrected chi connectivity index (χ4v) is 2.40. The van der Waals surface area contributed by atoms with Crippen LogP contribution in [0.5, 0.6) is 11.5 Å². The van der Waals surface area contributed by atoms with Crippen LogP contribution in [0.25, 0.3) is 6.08 Å². The van der Waals surface area contributed by atoms with E-state index in [2.05, 4.69) is 4.99 Å². The first-order valence-electron chi connectivity index (χ1n) is 7.42. The third-order valence-electron chi connectivity index (χ3n) is 3.62. The number of carbonyl (C=O) groups is 1. The summed E-state index contributed by atoms with van der Waals surface area (Å²) in [6.45, 7) is 1.97. The molecule has 0 aromatic heterocycles. The number of benzene rings is 2. The highest BCUT2D eigenvalue weighted by Crippen LogP contribution is 2.28. The van der Waals surface area contributed by atoms with E-state index in [0.717, 1.165) is 16.7 Å². The van der Waals surface area contributed by atoms with Gasteiger partial charge in [-0.05, 0) is 37.3 Å². The van der Waals surface area contributed by atoms with Crippen molar-refractivity contribution in [2.75, 3.05) is 14.2 Å². The van der Waals surface area contributed by atoms with E-state index in [-0.39, 0.29) is 5.70 Å².